The molecule has 0 fully saturated rings. The molecule has 0 saturated carbocycles. The number of nitrogens with one attached hydrogen (secondary N) is 1. The van der Waals surface area contributed by atoms with Crippen LogP contribution in [0.4, 0.5) is 0 Å². The highest BCUT2D eigenvalue weighted by Crippen LogP contribution is 2.12. The lowest BCUT2D eigenvalue weighted by atomic mass is 10.2. The summed E-state index contributed by atoms with van der Waals surface area (Å²) in [6.07, 6.45) is 1.26. The van der Waals surface area contributed by atoms with E-state index in [1.54, 1.807) is 6.20 Å². The molecule has 0 spiro atoms. The minimum absolute atomic E-state index is 0.471. The summed E-state index contributed by atoms with van der Waals surface area (Å²) in [6.45, 7) is 5.68. The van der Waals surface area contributed by atoms with E-state index in [4.69, 9.17) is 0 Å². The first kappa shape index (κ1) is 11.2. The van der Waals surface area contributed by atoms with Crippen LogP contribution in [0.3, 0.4) is 0 Å². The van der Waals surface area contributed by atoms with E-state index in [0.717, 1.165) is 12.2 Å². The van der Waals surface area contributed by atoms with Crippen LogP contribution < -0.4 is 5.32 Å². The zero-order chi connectivity index (χ0) is 10.6. The van der Waals surface area contributed by atoms with Crippen LogP contribution in [-0.2, 0) is 6.54 Å². The molecule has 0 saturated heterocycles. The van der Waals surface area contributed by atoms with Crippen molar-refractivity contribution in [2.24, 2.45) is 5.92 Å². The second kappa shape index (κ2) is 5.12. The number of likely N-dealkylation sites (N-methyl/N-ethyl adjacent to an activating group) is 1. The molecule has 0 bridgehead atoms. The molecule has 1 unspecified atom stereocenters. The van der Waals surface area contributed by atoms with Gasteiger partial charge in [-0.15, -0.1) is 0 Å². The van der Waals surface area contributed by atoms with Gasteiger partial charge >= 0.3 is 0 Å². The first-order chi connectivity index (χ1) is 6.65. The standard InChI is InChI=1S/C10H19N3O/c1-8(2)7-13-9(4-5-12-13)10(14)6-11-3/h4-5,8,10-11,14H,6-7H2,1-3H3. The smallest absolute Gasteiger partial charge is 0.108 e. The summed E-state index contributed by atoms with van der Waals surface area (Å²) in [6, 6.07) is 1.87. The molecule has 0 aliphatic carbocycles. The van der Waals surface area contributed by atoms with Crippen molar-refractivity contribution in [1.82, 2.24) is 15.1 Å². The van der Waals surface area contributed by atoms with Crippen molar-refractivity contribution >= 4 is 0 Å². The molecule has 0 amide bonds. The molecule has 0 radical (unpaired) electrons. The summed E-state index contributed by atoms with van der Waals surface area (Å²) in [7, 11) is 1.83. The second-order valence-electron chi connectivity index (χ2n) is 3.91. The van der Waals surface area contributed by atoms with E-state index < -0.39 is 6.10 Å². The lowest BCUT2D eigenvalue weighted by Gasteiger charge is -2.14. The monoisotopic (exact) mass is 197 g/mol. The Morgan fingerprint density at radius 2 is 2.29 bits per heavy atom. The van der Waals surface area contributed by atoms with E-state index in [9.17, 15) is 5.11 Å². The summed E-state index contributed by atoms with van der Waals surface area (Å²) in [5.74, 6) is 0.537. The number of hydrogen-bond acceptors (Lipinski definition) is 3. The largest absolute Gasteiger partial charge is 0.385 e. The van der Waals surface area contributed by atoms with Crippen LogP contribution >= 0.6 is 0 Å². The van der Waals surface area contributed by atoms with Gasteiger partial charge in [-0.3, -0.25) is 4.68 Å². The summed E-state index contributed by atoms with van der Waals surface area (Å²) in [5, 5.41) is 16.9. The Labute approximate surface area is 84.9 Å². The summed E-state index contributed by atoms with van der Waals surface area (Å²) in [4.78, 5) is 0. The van der Waals surface area contributed by atoms with E-state index in [1.165, 1.54) is 0 Å². The summed E-state index contributed by atoms with van der Waals surface area (Å²) >= 11 is 0. The Bertz CT molecular complexity index is 270. The van der Waals surface area contributed by atoms with Gasteiger partial charge in [0.05, 0.1) is 5.69 Å². The van der Waals surface area contributed by atoms with Crippen LogP contribution in [0.1, 0.15) is 25.6 Å². The van der Waals surface area contributed by atoms with Crippen LogP contribution in [0.25, 0.3) is 0 Å². The zero-order valence-corrected chi connectivity index (χ0v) is 9.07. The predicted octanol–water partition coefficient (Wildman–Crippen LogP) is 0.792. The Kier molecular flexibility index (Phi) is 4.10. The minimum Gasteiger partial charge on any atom is -0.385 e. The van der Waals surface area contributed by atoms with Crippen molar-refractivity contribution in [1.29, 1.82) is 0 Å². The molecule has 2 N–H and O–H groups in total. The van der Waals surface area contributed by atoms with Gasteiger partial charge in [0.25, 0.3) is 0 Å². The van der Waals surface area contributed by atoms with Crippen LogP contribution in [-0.4, -0.2) is 28.5 Å². The van der Waals surface area contributed by atoms with Crippen LogP contribution in [0.15, 0.2) is 12.3 Å². The van der Waals surface area contributed by atoms with Crippen LogP contribution in [0.2, 0.25) is 0 Å². The third-order valence-electron chi connectivity index (χ3n) is 2.03. The maximum atomic E-state index is 9.78. The molecule has 0 aromatic carbocycles. The van der Waals surface area contributed by atoms with Crippen molar-refractivity contribution in [3.8, 4) is 0 Å². The van der Waals surface area contributed by atoms with Crippen LogP contribution in [0.5, 0.6) is 0 Å². The van der Waals surface area contributed by atoms with Crippen LogP contribution in [0, 0.1) is 5.92 Å². The molecule has 14 heavy (non-hydrogen) atoms. The molecule has 1 aromatic rings. The molecule has 80 valence electrons. The maximum Gasteiger partial charge on any atom is 0.108 e. The van der Waals surface area contributed by atoms with Gasteiger partial charge in [-0.1, -0.05) is 13.8 Å². The fraction of sp³-hybridized carbons (Fsp3) is 0.700. The summed E-state index contributed by atoms with van der Waals surface area (Å²) in [5.41, 5.74) is 0.882. The van der Waals surface area contributed by atoms with Gasteiger partial charge in [-0.25, -0.2) is 0 Å². The van der Waals surface area contributed by atoms with E-state index in [0.29, 0.717) is 12.5 Å². The number of aliphatic hydroxyl groups excluding tert-OH is 1. The minimum atomic E-state index is -0.471. The van der Waals surface area contributed by atoms with Crippen molar-refractivity contribution in [2.45, 2.75) is 26.5 Å². The average molecular weight is 197 g/mol. The molecule has 0 aliphatic heterocycles. The lowest BCUT2D eigenvalue weighted by molar-refractivity contribution is 0.165. The third-order valence-corrected chi connectivity index (χ3v) is 2.03. The van der Waals surface area contributed by atoms with Crippen molar-refractivity contribution in [2.75, 3.05) is 13.6 Å². The number of aromatic nitrogens is 2. The lowest BCUT2D eigenvalue weighted by Crippen LogP contribution is -2.20. The molecular weight excluding hydrogens is 178 g/mol. The molecular formula is C10H19N3O. The Morgan fingerprint density at radius 1 is 1.57 bits per heavy atom. The van der Waals surface area contributed by atoms with Gasteiger partial charge in [0.2, 0.25) is 0 Å². The molecule has 4 nitrogen and oxygen atoms in total. The fourth-order valence-electron chi connectivity index (χ4n) is 1.42. The molecule has 1 rings (SSSR count). The van der Waals surface area contributed by atoms with Crippen molar-refractivity contribution < 1.29 is 5.11 Å². The highest BCUT2D eigenvalue weighted by molar-refractivity contribution is 5.05. The van der Waals surface area contributed by atoms with Gasteiger partial charge in [-0.05, 0) is 19.0 Å². The van der Waals surface area contributed by atoms with E-state index in [-0.39, 0.29) is 0 Å². The van der Waals surface area contributed by atoms with E-state index in [2.05, 4.69) is 24.3 Å². The van der Waals surface area contributed by atoms with E-state index in [1.807, 2.05) is 17.8 Å². The zero-order valence-electron chi connectivity index (χ0n) is 9.07. The third kappa shape index (κ3) is 2.82. The Hall–Kier alpha value is -0.870. The Balaban J connectivity index is 2.70. The quantitative estimate of drug-likeness (QED) is 0.734. The van der Waals surface area contributed by atoms with Crippen molar-refractivity contribution in [3.63, 3.8) is 0 Å². The highest BCUT2D eigenvalue weighted by atomic mass is 16.3. The predicted molar refractivity (Wildman–Crippen MR) is 56.0 cm³/mol. The fourth-order valence-corrected chi connectivity index (χ4v) is 1.42. The Morgan fingerprint density at radius 3 is 2.86 bits per heavy atom. The molecule has 1 aromatic heterocycles. The van der Waals surface area contributed by atoms with Gasteiger partial charge in [0.1, 0.15) is 6.10 Å². The number of nitrogens with zero attached hydrogens (tertiary/aromatic N) is 2. The molecule has 1 heterocycles. The highest BCUT2D eigenvalue weighted by Gasteiger charge is 2.12. The normalized spacial score (nSPS) is 13.5. The molecule has 1 atom stereocenters. The van der Waals surface area contributed by atoms with Gasteiger partial charge in [0, 0.05) is 19.3 Å². The SMILES string of the molecule is CNCC(O)c1ccnn1CC(C)C. The first-order valence-corrected chi connectivity index (χ1v) is 4.99. The molecule has 0 aliphatic rings. The summed E-state index contributed by atoms with van der Waals surface area (Å²) < 4.78 is 1.87. The van der Waals surface area contributed by atoms with Gasteiger partial charge < -0.3 is 10.4 Å². The second-order valence-corrected chi connectivity index (χ2v) is 3.91. The number of aliphatic hydroxyl groups is 1. The van der Waals surface area contributed by atoms with Gasteiger partial charge in [-0.2, -0.15) is 5.10 Å². The molecule has 4 heteroatoms. The van der Waals surface area contributed by atoms with Crippen molar-refractivity contribution in [3.05, 3.63) is 18.0 Å². The average Bonchev–Trinajstić information content (AvgIpc) is 2.51. The number of hydrogen-bond donors (Lipinski definition) is 2. The first-order valence-electron chi connectivity index (χ1n) is 4.99. The van der Waals surface area contributed by atoms with E-state index >= 15 is 0 Å². The number of rotatable bonds is 5. The topological polar surface area (TPSA) is 50.1 Å². The maximum absolute atomic E-state index is 9.78. The van der Waals surface area contributed by atoms with Gasteiger partial charge in [0.15, 0.2) is 0 Å².